The highest BCUT2D eigenvalue weighted by Crippen LogP contribution is 2.18. The summed E-state index contributed by atoms with van der Waals surface area (Å²) in [5, 5.41) is 7.48. The molecule has 3 aromatic rings. The number of carbonyl (C=O) groups excluding carboxylic acids is 1. The highest BCUT2D eigenvalue weighted by atomic mass is 35.5. The van der Waals surface area contributed by atoms with Gasteiger partial charge in [0.15, 0.2) is 0 Å². The third-order valence-corrected chi connectivity index (χ3v) is 4.14. The maximum Gasteiger partial charge on any atom is 0.365 e. The molecule has 0 saturated heterocycles. The summed E-state index contributed by atoms with van der Waals surface area (Å²) in [6, 6.07) is 13.6. The van der Waals surface area contributed by atoms with Crippen molar-refractivity contribution < 1.29 is 4.79 Å². The van der Waals surface area contributed by atoms with Gasteiger partial charge in [0.25, 0.3) is 0 Å². The highest BCUT2D eigenvalue weighted by molar-refractivity contribution is 6.30. The predicted octanol–water partition coefficient (Wildman–Crippen LogP) is 3.47. The fourth-order valence-corrected chi connectivity index (χ4v) is 2.58. The summed E-state index contributed by atoms with van der Waals surface area (Å²) in [5.74, 6) is -0.341. The van der Waals surface area contributed by atoms with E-state index in [2.05, 4.69) is 15.4 Å². The molecule has 0 saturated carbocycles. The average molecular weight is 369 g/mol. The first-order valence-electron chi connectivity index (χ1n) is 8.03. The smallest absolute Gasteiger partial charge is 0.324 e. The van der Waals surface area contributed by atoms with Gasteiger partial charge in [-0.15, -0.1) is 0 Å². The molecule has 0 radical (unpaired) electrons. The van der Waals surface area contributed by atoms with Crippen LogP contribution in [0.3, 0.4) is 0 Å². The molecule has 1 atom stereocenters. The van der Waals surface area contributed by atoms with Gasteiger partial charge in [-0.25, -0.2) is 9.48 Å². The number of anilines is 1. The number of halogens is 1. The van der Waals surface area contributed by atoms with E-state index in [1.54, 1.807) is 37.3 Å². The number of nitrogens with one attached hydrogen (secondary N) is 1. The first-order chi connectivity index (χ1) is 12.4. The minimum atomic E-state index is -0.796. The van der Waals surface area contributed by atoms with E-state index in [1.165, 1.54) is 6.20 Å². The topological polar surface area (TPSA) is 76.9 Å². The third-order valence-electron chi connectivity index (χ3n) is 3.89. The zero-order valence-corrected chi connectivity index (χ0v) is 15.1. The summed E-state index contributed by atoms with van der Waals surface area (Å²) in [6.07, 6.45) is 1.46. The standard InChI is InChI=1S/C19H17ClN4O2/c1-12-4-3-5-16(10-12)22-18(25)13(2)24-19(26)23-17(11-21-24)14-6-8-15(20)9-7-14/h3-11,13H,1-2H3,(H,22,25)/t13-/m0/s1. The number of aromatic nitrogens is 3. The lowest BCUT2D eigenvalue weighted by Gasteiger charge is -2.14. The van der Waals surface area contributed by atoms with Crippen molar-refractivity contribution in [1.29, 1.82) is 0 Å². The van der Waals surface area contributed by atoms with Crippen LogP contribution in [0.25, 0.3) is 11.3 Å². The summed E-state index contributed by atoms with van der Waals surface area (Å²) in [6.45, 7) is 3.54. The summed E-state index contributed by atoms with van der Waals surface area (Å²) >= 11 is 5.86. The van der Waals surface area contributed by atoms with Gasteiger partial charge in [0, 0.05) is 16.3 Å². The molecule has 7 heteroatoms. The zero-order valence-electron chi connectivity index (χ0n) is 14.3. The Bertz CT molecular complexity index is 999. The second-order valence-corrected chi connectivity index (χ2v) is 6.35. The van der Waals surface area contributed by atoms with Gasteiger partial charge in [-0.05, 0) is 43.7 Å². The SMILES string of the molecule is Cc1cccc(NC(=O)[C@H](C)n2ncc(-c3ccc(Cl)cc3)nc2=O)c1. The minimum absolute atomic E-state index is 0.341. The lowest BCUT2D eigenvalue weighted by molar-refractivity contribution is -0.119. The average Bonchev–Trinajstić information content (AvgIpc) is 2.61. The molecule has 1 heterocycles. The van der Waals surface area contributed by atoms with Crippen LogP contribution in [-0.2, 0) is 4.79 Å². The molecule has 0 unspecified atom stereocenters. The number of nitrogens with zero attached hydrogens (tertiary/aromatic N) is 3. The zero-order chi connectivity index (χ0) is 18.7. The summed E-state index contributed by atoms with van der Waals surface area (Å²) in [4.78, 5) is 28.8. The van der Waals surface area contributed by atoms with Crippen LogP contribution < -0.4 is 11.0 Å². The highest BCUT2D eigenvalue weighted by Gasteiger charge is 2.18. The molecule has 0 bridgehead atoms. The molecular formula is C19H17ClN4O2. The van der Waals surface area contributed by atoms with Crippen molar-refractivity contribution in [3.8, 4) is 11.3 Å². The van der Waals surface area contributed by atoms with Gasteiger partial charge in [0.1, 0.15) is 6.04 Å². The van der Waals surface area contributed by atoms with Gasteiger partial charge >= 0.3 is 5.69 Å². The van der Waals surface area contributed by atoms with Gasteiger partial charge in [-0.2, -0.15) is 10.1 Å². The molecule has 1 amide bonds. The monoisotopic (exact) mass is 368 g/mol. The number of amides is 1. The Kier molecular flexibility index (Phi) is 5.14. The Labute approximate surface area is 155 Å². The van der Waals surface area contributed by atoms with Crippen molar-refractivity contribution in [2.24, 2.45) is 0 Å². The fraction of sp³-hybridized carbons (Fsp3) is 0.158. The van der Waals surface area contributed by atoms with Crippen LogP contribution in [0.15, 0.2) is 59.5 Å². The van der Waals surface area contributed by atoms with Gasteiger partial charge in [-0.3, -0.25) is 4.79 Å². The second kappa shape index (κ2) is 7.49. The van der Waals surface area contributed by atoms with E-state index in [4.69, 9.17) is 11.6 Å². The van der Waals surface area contributed by atoms with Gasteiger partial charge in [0.05, 0.1) is 11.9 Å². The van der Waals surface area contributed by atoms with Gasteiger partial charge < -0.3 is 5.32 Å². The van der Waals surface area contributed by atoms with E-state index < -0.39 is 11.7 Å². The first kappa shape index (κ1) is 17.8. The van der Waals surface area contributed by atoms with Crippen molar-refractivity contribution >= 4 is 23.2 Å². The number of benzene rings is 2. The van der Waals surface area contributed by atoms with Crippen LogP contribution in [0.2, 0.25) is 5.02 Å². The van der Waals surface area contributed by atoms with Crippen LogP contribution in [0.1, 0.15) is 18.5 Å². The number of aryl methyl sites for hydroxylation is 1. The van der Waals surface area contributed by atoms with E-state index in [9.17, 15) is 9.59 Å². The van der Waals surface area contributed by atoms with E-state index in [0.29, 0.717) is 16.4 Å². The predicted molar refractivity (Wildman–Crippen MR) is 101 cm³/mol. The number of hydrogen-bond donors (Lipinski definition) is 1. The van der Waals surface area contributed by atoms with Crippen molar-refractivity contribution in [3.05, 3.63) is 75.8 Å². The van der Waals surface area contributed by atoms with Crippen LogP contribution in [0, 0.1) is 6.92 Å². The maximum absolute atomic E-state index is 12.4. The minimum Gasteiger partial charge on any atom is -0.324 e. The summed E-state index contributed by atoms with van der Waals surface area (Å²) in [5.41, 5.74) is 2.25. The van der Waals surface area contributed by atoms with Crippen molar-refractivity contribution in [2.75, 3.05) is 5.32 Å². The van der Waals surface area contributed by atoms with Crippen LogP contribution >= 0.6 is 11.6 Å². The molecule has 0 spiro atoms. The number of hydrogen-bond acceptors (Lipinski definition) is 4. The molecule has 6 nitrogen and oxygen atoms in total. The Morgan fingerprint density at radius 1 is 1.19 bits per heavy atom. The maximum atomic E-state index is 12.4. The van der Waals surface area contributed by atoms with Crippen LogP contribution in [0.5, 0.6) is 0 Å². The summed E-state index contributed by atoms with van der Waals surface area (Å²) < 4.78 is 1.06. The number of carbonyl (C=O) groups is 1. The van der Waals surface area contributed by atoms with Crippen LogP contribution in [0.4, 0.5) is 5.69 Å². The van der Waals surface area contributed by atoms with E-state index in [1.807, 2.05) is 25.1 Å². The molecular weight excluding hydrogens is 352 g/mol. The Hall–Kier alpha value is -2.99. The lowest BCUT2D eigenvalue weighted by atomic mass is 10.2. The van der Waals surface area contributed by atoms with Crippen molar-refractivity contribution in [3.63, 3.8) is 0 Å². The Balaban J connectivity index is 1.81. The molecule has 3 rings (SSSR count). The Morgan fingerprint density at radius 3 is 2.58 bits per heavy atom. The largest absolute Gasteiger partial charge is 0.365 e. The fourth-order valence-electron chi connectivity index (χ4n) is 2.46. The molecule has 0 aliphatic carbocycles. The van der Waals surface area contributed by atoms with Crippen LogP contribution in [-0.4, -0.2) is 20.7 Å². The first-order valence-corrected chi connectivity index (χ1v) is 8.41. The summed E-state index contributed by atoms with van der Waals surface area (Å²) in [7, 11) is 0. The number of rotatable bonds is 4. The molecule has 1 aromatic heterocycles. The van der Waals surface area contributed by atoms with E-state index in [-0.39, 0.29) is 5.91 Å². The molecule has 0 aliphatic heterocycles. The van der Waals surface area contributed by atoms with Crippen molar-refractivity contribution in [1.82, 2.24) is 14.8 Å². The van der Waals surface area contributed by atoms with E-state index >= 15 is 0 Å². The van der Waals surface area contributed by atoms with E-state index in [0.717, 1.165) is 15.8 Å². The normalized spacial score (nSPS) is 11.8. The molecule has 1 N–H and O–H groups in total. The second-order valence-electron chi connectivity index (χ2n) is 5.91. The van der Waals surface area contributed by atoms with Gasteiger partial charge in [0.2, 0.25) is 5.91 Å². The van der Waals surface area contributed by atoms with Crippen molar-refractivity contribution in [2.45, 2.75) is 19.9 Å². The molecule has 132 valence electrons. The molecule has 26 heavy (non-hydrogen) atoms. The van der Waals surface area contributed by atoms with Gasteiger partial charge in [-0.1, -0.05) is 35.9 Å². The Morgan fingerprint density at radius 2 is 1.92 bits per heavy atom. The molecule has 2 aromatic carbocycles. The third kappa shape index (κ3) is 3.97. The lowest BCUT2D eigenvalue weighted by Crippen LogP contribution is -2.34. The molecule has 0 fully saturated rings. The molecule has 0 aliphatic rings. The quantitative estimate of drug-likeness (QED) is 0.765.